The number of fused-ring (bicyclic) bond motifs is 1. The molecule has 11 heavy (non-hydrogen) atoms. The molecule has 1 aromatic heterocycles. The van der Waals surface area contributed by atoms with Gasteiger partial charge in [-0.25, -0.2) is 0 Å². The summed E-state index contributed by atoms with van der Waals surface area (Å²) in [5, 5.41) is 1.16. The SMILES string of the molecule is C=O.c1ccc2occc2c1. The van der Waals surface area contributed by atoms with Crippen LogP contribution in [-0.2, 0) is 4.79 Å². The summed E-state index contributed by atoms with van der Waals surface area (Å²) in [6.45, 7) is 2.00. The average Bonchev–Trinajstić information content (AvgIpc) is 2.55. The Bertz CT molecular complexity index is 295. The van der Waals surface area contributed by atoms with Crippen molar-refractivity contribution in [3.05, 3.63) is 36.6 Å². The van der Waals surface area contributed by atoms with Crippen LogP contribution < -0.4 is 0 Å². The Morgan fingerprint density at radius 1 is 1.09 bits per heavy atom. The van der Waals surface area contributed by atoms with Gasteiger partial charge in [0, 0.05) is 5.39 Å². The molecule has 1 aromatic carbocycles. The van der Waals surface area contributed by atoms with E-state index < -0.39 is 0 Å². The van der Waals surface area contributed by atoms with Gasteiger partial charge in [-0.15, -0.1) is 0 Å². The molecule has 0 atom stereocenters. The predicted octanol–water partition coefficient (Wildman–Crippen LogP) is 2.25. The summed E-state index contributed by atoms with van der Waals surface area (Å²) in [4.78, 5) is 8.00. The topological polar surface area (TPSA) is 30.2 Å². The fourth-order valence-electron chi connectivity index (χ4n) is 0.906. The van der Waals surface area contributed by atoms with Crippen LogP contribution in [0.3, 0.4) is 0 Å². The van der Waals surface area contributed by atoms with Gasteiger partial charge in [0.1, 0.15) is 12.4 Å². The monoisotopic (exact) mass is 148 g/mol. The lowest BCUT2D eigenvalue weighted by Gasteiger charge is -1.81. The quantitative estimate of drug-likeness (QED) is 0.573. The predicted molar refractivity (Wildman–Crippen MR) is 43.3 cm³/mol. The maximum Gasteiger partial charge on any atom is 0.133 e. The molecule has 0 amide bonds. The lowest BCUT2D eigenvalue weighted by atomic mass is 10.3. The first-order chi connectivity index (χ1) is 5.47. The smallest absolute Gasteiger partial charge is 0.133 e. The minimum atomic E-state index is 0.956. The van der Waals surface area contributed by atoms with Gasteiger partial charge >= 0.3 is 0 Å². The van der Waals surface area contributed by atoms with Crippen LogP contribution in [0, 0.1) is 0 Å². The average molecular weight is 148 g/mol. The fraction of sp³-hybridized carbons (Fsp3) is 0. The summed E-state index contributed by atoms with van der Waals surface area (Å²) in [5.74, 6) is 0. The zero-order chi connectivity index (χ0) is 8.10. The van der Waals surface area contributed by atoms with E-state index in [4.69, 9.17) is 9.21 Å². The number of benzene rings is 1. The highest BCUT2D eigenvalue weighted by Crippen LogP contribution is 2.12. The highest BCUT2D eigenvalue weighted by atomic mass is 16.3. The molecule has 2 nitrogen and oxygen atoms in total. The van der Waals surface area contributed by atoms with E-state index in [1.807, 2.05) is 37.1 Å². The van der Waals surface area contributed by atoms with E-state index in [9.17, 15) is 0 Å². The van der Waals surface area contributed by atoms with Crippen molar-refractivity contribution in [3.63, 3.8) is 0 Å². The van der Waals surface area contributed by atoms with Crippen LogP contribution >= 0.6 is 0 Å². The lowest BCUT2D eigenvalue weighted by molar-refractivity contribution is -0.0979. The van der Waals surface area contributed by atoms with Crippen molar-refractivity contribution in [3.8, 4) is 0 Å². The summed E-state index contributed by atoms with van der Waals surface area (Å²) < 4.78 is 5.12. The van der Waals surface area contributed by atoms with Gasteiger partial charge < -0.3 is 9.21 Å². The molecule has 0 aliphatic rings. The van der Waals surface area contributed by atoms with E-state index >= 15 is 0 Å². The van der Waals surface area contributed by atoms with Gasteiger partial charge in [0.15, 0.2) is 0 Å². The first-order valence-corrected chi connectivity index (χ1v) is 3.18. The molecule has 0 aliphatic heterocycles. The van der Waals surface area contributed by atoms with Gasteiger partial charge in [-0.3, -0.25) is 0 Å². The Hall–Kier alpha value is -1.57. The van der Waals surface area contributed by atoms with Gasteiger partial charge in [0.2, 0.25) is 0 Å². The zero-order valence-electron chi connectivity index (χ0n) is 5.99. The maximum absolute atomic E-state index is 8.00. The molecule has 0 aliphatic carbocycles. The summed E-state index contributed by atoms with van der Waals surface area (Å²) in [6, 6.07) is 9.90. The first kappa shape index (κ1) is 7.54. The molecule has 56 valence electrons. The number of hydrogen-bond acceptors (Lipinski definition) is 2. The summed E-state index contributed by atoms with van der Waals surface area (Å²) >= 11 is 0. The molecular weight excluding hydrogens is 140 g/mol. The van der Waals surface area contributed by atoms with Crippen molar-refractivity contribution in [2.75, 3.05) is 0 Å². The Morgan fingerprint density at radius 2 is 1.82 bits per heavy atom. The molecule has 2 aromatic rings. The molecule has 0 saturated heterocycles. The molecule has 0 radical (unpaired) electrons. The van der Waals surface area contributed by atoms with Crippen LogP contribution in [0.25, 0.3) is 11.0 Å². The Kier molecular flexibility index (Phi) is 2.44. The van der Waals surface area contributed by atoms with E-state index in [-0.39, 0.29) is 0 Å². The molecule has 0 unspecified atom stereocenters. The molecule has 2 rings (SSSR count). The molecule has 1 heterocycles. The summed E-state index contributed by atoms with van der Waals surface area (Å²) in [7, 11) is 0. The maximum atomic E-state index is 8.00. The van der Waals surface area contributed by atoms with Crippen molar-refractivity contribution in [1.82, 2.24) is 0 Å². The van der Waals surface area contributed by atoms with Crippen LogP contribution in [0.5, 0.6) is 0 Å². The van der Waals surface area contributed by atoms with E-state index in [1.165, 1.54) is 0 Å². The van der Waals surface area contributed by atoms with E-state index in [0.717, 1.165) is 11.0 Å². The van der Waals surface area contributed by atoms with Crippen molar-refractivity contribution < 1.29 is 9.21 Å². The number of carbonyl (C=O) groups excluding carboxylic acids is 1. The number of para-hydroxylation sites is 1. The molecule has 0 saturated carbocycles. The highest BCUT2D eigenvalue weighted by Gasteiger charge is 1.89. The highest BCUT2D eigenvalue weighted by molar-refractivity contribution is 5.76. The molecule has 0 fully saturated rings. The molecule has 0 bridgehead atoms. The standard InChI is InChI=1S/C8H6O.CH2O/c1-2-4-8-7(3-1)5-6-9-8;1-2/h1-6H;1H2. The number of furan rings is 1. The van der Waals surface area contributed by atoms with Gasteiger partial charge in [-0.2, -0.15) is 0 Å². The molecule has 2 heteroatoms. The second kappa shape index (κ2) is 3.56. The lowest BCUT2D eigenvalue weighted by Crippen LogP contribution is -1.57. The van der Waals surface area contributed by atoms with Crippen LogP contribution in [0.15, 0.2) is 41.0 Å². The van der Waals surface area contributed by atoms with Crippen LogP contribution in [0.4, 0.5) is 0 Å². The number of hydrogen-bond donors (Lipinski definition) is 0. The van der Waals surface area contributed by atoms with Crippen molar-refractivity contribution >= 4 is 17.8 Å². The number of carbonyl (C=O) groups is 1. The van der Waals surface area contributed by atoms with E-state index in [2.05, 4.69) is 0 Å². The third-order valence-electron chi connectivity index (χ3n) is 1.36. The van der Waals surface area contributed by atoms with Crippen molar-refractivity contribution in [2.24, 2.45) is 0 Å². The normalized spacial score (nSPS) is 8.73. The fourth-order valence-corrected chi connectivity index (χ4v) is 0.906. The largest absolute Gasteiger partial charge is 0.464 e. The van der Waals surface area contributed by atoms with Gasteiger partial charge in [-0.05, 0) is 12.1 Å². The Balaban J connectivity index is 0.000000281. The Labute approximate surface area is 64.4 Å². The van der Waals surface area contributed by atoms with Gasteiger partial charge in [0.25, 0.3) is 0 Å². The Morgan fingerprint density at radius 3 is 2.55 bits per heavy atom. The number of rotatable bonds is 0. The molecule has 0 spiro atoms. The van der Waals surface area contributed by atoms with E-state index in [1.54, 1.807) is 6.26 Å². The van der Waals surface area contributed by atoms with E-state index in [0.29, 0.717) is 0 Å². The van der Waals surface area contributed by atoms with Crippen LogP contribution in [0.1, 0.15) is 0 Å². The minimum absolute atomic E-state index is 0.956. The van der Waals surface area contributed by atoms with Gasteiger partial charge in [0.05, 0.1) is 6.26 Å². The zero-order valence-corrected chi connectivity index (χ0v) is 5.99. The second-order valence-electron chi connectivity index (χ2n) is 1.96. The van der Waals surface area contributed by atoms with Gasteiger partial charge in [-0.1, -0.05) is 18.2 Å². The second-order valence-corrected chi connectivity index (χ2v) is 1.96. The van der Waals surface area contributed by atoms with Crippen molar-refractivity contribution in [2.45, 2.75) is 0 Å². The van der Waals surface area contributed by atoms with Crippen LogP contribution in [0.2, 0.25) is 0 Å². The van der Waals surface area contributed by atoms with Crippen LogP contribution in [-0.4, -0.2) is 6.79 Å². The van der Waals surface area contributed by atoms with Crippen molar-refractivity contribution in [1.29, 1.82) is 0 Å². The third kappa shape index (κ3) is 1.46. The molecular formula is C9H8O2. The summed E-state index contributed by atoms with van der Waals surface area (Å²) in [5.41, 5.74) is 0.956. The summed E-state index contributed by atoms with van der Waals surface area (Å²) in [6.07, 6.45) is 1.70. The molecule has 0 N–H and O–H groups in total. The first-order valence-electron chi connectivity index (χ1n) is 3.18. The third-order valence-corrected chi connectivity index (χ3v) is 1.36. The minimum Gasteiger partial charge on any atom is -0.464 e.